The van der Waals surface area contributed by atoms with Gasteiger partial charge in [0.1, 0.15) is 6.61 Å². The normalized spacial score (nSPS) is 19.6. The van der Waals surface area contributed by atoms with Gasteiger partial charge < -0.3 is 25.1 Å². The number of nitrogens with zero attached hydrogens (tertiary/aromatic N) is 2. The second-order valence-electron chi connectivity index (χ2n) is 7.42. The van der Waals surface area contributed by atoms with E-state index in [0.29, 0.717) is 33.5 Å². The Hall–Kier alpha value is -3.72. The maximum atomic E-state index is 13.2. The van der Waals surface area contributed by atoms with E-state index in [9.17, 15) is 19.5 Å². The summed E-state index contributed by atoms with van der Waals surface area (Å²) in [6.45, 7) is 1.53. The fourth-order valence-corrected chi connectivity index (χ4v) is 4.27. The minimum absolute atomic E-state index is 0.0628. The van der Waals surface area contributed by atoms with Crippen molar-refractivity contribution >= 4 is 28.9 Å². The summed E-state index contributed by atoms with van der Waals surface area (Å²) in [4.78, 5) is 45.8. The molecule has 3 aromatic rings. The van der Waals surface area contributed by atoms with Crippen LogP contribution in [-0.2, 0) is 28.3 Å². The number of cyclic esters (lactones) is 1. The molecule has 1 aromatic carbocycles. The van der Waals surface area contributed by atoms with Gasteiger partial charge in [-0.1, -0.05) is 6.92 Å². The average molecular weight is 406 g/mol. The number of aliphatic hydroxyl groups is 1. The van der Waals surface area contributed by atoms with E-state index >= 15 is 0 Å². The second-order valence-corrected chi connectivity index (χ2v) is 7.42. The molecule has 152 valence electrons. The van der Waals surface area contributed by atoms with Crippen LogP contribution in [0.15, 0.2) is 38.8 Å². The molecule has 0 spiro atoms. The summed E-state index contributed by atoms with van der Waals surface area (Å²) in [6.07, 6.45) is 1.22. The van der Waals surface area contributed by atoms with Gasteiger partial charge in [0.2, 0.25) is 0 Å². The van der Waals surface area contributed by atoms with Crippen LogP contribution in [0.3, 0.4) is 0 Å². The van der Waals surface area contributed by atoms with E-state index in [2.05, 4.69) is 9.98 Å². The molecule has 0 fully saturated rings. The van der Waals surface area contributed by atoms with Crippen LogP contribution in [0.4, 0.5) is 5.69 Å². The third kappa shape index (κ3) is 2.26. The van der Waals surface area contributed by atoms with Gasteiger partial charge in [0, 0.05) is 22.0 Å². The first-order valence-corrected chi connectivity index (χ1v) is 9.49. The molecule has 9 nitrogen and oxygen atoms in total. The zero-order chi connectivity index (χ0) is 21.2. The van der Waals surface area contributed by atoms with E-state index in [1.165, 1.54) is 4.57 Å². The SMILES string of the molecule is CC[C@@]1(O)C(=O)OCc2c1cc1n(c2=O)Cc2c-1[nH]c1ccc(N=CN)cc1c2=O. The van der Waals surface area contributed by atoms with Crippen molar-refractivity contribution < 1.29 is 14.6 Å². The number of rotatable bonds is 2. The summed E-state index contributed by atoms with van der Waals surface area (Å²) in [5, 5.41) is 11.3. The van der Waals surface area contributed by atoms with Crippen molar-refractivity contribution in [2.24, 2.45) is 10.7 Å². The number of aliphatic imine (C=N–C) groups is 1. The molecule has 0 bridgehead atoms. The van der Waals surface area contributed by atoms with Crippen molar-refractivity contribution in [1.82, 2.24) is 9.55 Å². The average Bonchev–Trinajstić information content (AvgIpc) is 3.11. The van der Waals surface area contributed by atoms with Crippen LogP contribution in [0.2, 0.25) is 0 Å². The van der Waals surface area contributed by atoms with E-state index in [0.717, 1.165) is 6.34 Å². The Morgan fingerprint density at radius 3 is 2.83 bits per heavy atom. The number of carbonyl (C=O) groups excluding carboxylic acids is 1. The predicted molar refractivity (Wildman–Crippen MR) is 110 cm³/mol. The summed E-state index contributed by atoms with van der Waals surface area (Å²) >= 11 is 0. The molecule has 30 heavy (non-hydrogen) atoms. The maximum Gasteiger partial charge on any atom is 0.343 e. The molecule has 0 saturated carbocycles. The van der Waals surface area contributed by atoms with E-state index in [1.54, 1.807) is 31.2 Å². The first-order chi connectivity index (χ1) is 14.4. The van der Waals surface area contributed by atoms with Gasteiger partial charge in [-0.15, -0.1) is 0 Å². The number of hydrogen-bond donors (Lipinski definition) is 3. The van der Waals surface area contributed by atoms with Gasteiger partial charge in [-0.3, -0.25) is 9.59 Å². The Labute approximate surface area is 169 Å². The van der Waals surface area contributed by atoms with E-state index in [1.807, 2.05) is 0 Å². The molecule has 1 atom stereocenters. The number of nitrogens with two attached hydrogens (primary N) is 1. The number of hydrogen-bond acceptors (Lipinski definition) is 6. The molecule has 4 N–H and O–H groups in total. The van der Waals surface area contributed by atoms with Crippen LogP contribution in [0, 0.1) is 0 Å². The topological polar surface area (TPSA) is 140 Å². The van der Waals surface area contributed by atoms with E-state index in [4.69, 9.17) is 10.5 Å². The lowest BCUT2D eigenvalue weighted by Gasteiger charge is -2.31. The van der Waals surface area contributed by atoms with Crippen molar-refractivity contribution in [2.45, 2.75) is 32.1 Å². The molecular formula is C21H18N4O5. The number of ether oxygens (including phenoxy) is 1. The number of nitrogens with one attached hydrogen (secondary N) is 1. The molecule has 0 unspecified atom stereocenters. The first-order valence-electron chi connectivity index (χ1n) is 9.49. The molecular weight excluding hydrogens is 388 g/mol. The van der Waals surface area contributed by atoms with Crippen molar-refractivity contribution in [3.63, 3.8) is 0 Å². The monoisotopic (exact) mass is 406 g/mol. The quantitative estimate of drug-likeness (QED) is 0.258. The molecule has 4 heterocycles. The summed E-state index contributed by atoms with van der Waals surface area (Å²) in [5.74, 6) is -0.778. The Morgan fingerprint density at radius 2 is 2.10 bits per heavy atom. The van der Waals surface area contributed by atoms with Gasteiger partial charge in [0.25, 0.3) is 5.56 Å². The van der Waals surface area contributed by atoms with Crippen molar-refractivity contribution in [3.8, 4) is 11.4 Å². The van der Waals surface area contributed by atoms with Crippen LogP contribution < -0.4 is 16.7 Å². The van der Waals surface area contributed by atoms with Crippen molar-refractivity contribution in [2.75, 3.05) is 0 Å². The summed E-state index contributed by atoms with van der Waals surface area (Å²) in [6, 6.07) is 6.69. The van der Waals surface area contributed by atoms with Crippen LogP contribution in [0.5, 0.6) is 0 Å². The first kappa shape index (κ1) is 18.3. The molecule has 0 amide bonds. The van der Waals surface area contributed by atoms with E-state index < -0.39 is 11.6 Å². The number of aromatic nitrogens is 2. The highest BCUT2D eigenvalue weighted by Crippen LogP contribution is 2.37. The number of H-pyrrole nitrogens is 1. The highest BCUT2D eigenvalue weighted by molar-refractivity contribution is 5.87. The van der Waals surface area contributed by atoms with Crippen LogP contribution in [-0.4, -0.2) is 27.0 Å². The second kappa shape index (κ2) is 6.14. The third-order valence-corrected chi connectivity index (χ3v) is 5.92. The highest BCUT2D eigenvalue weighted by atomic mass is 16.6. The van der Waals surface area contributed by atoms with Gasteiger partial charge in [-0.2, -0.15) is 0 Å². The summed E-state index contributed by atoms with van der Waals surface area (Å²) in [7, 11) is 0. The standard InChI is InChI=1S/C21H18N4O5/c1-2-21(29)14-6-16-17-12(7-25(16)19(27)13(14)8-30-20(21)28)18(26)11-5-10(23-9-22)3-4-15(11)24-17/h3-6,9,29H,2,7-8H2,1H3,(H2,22,23)(H,24,26)/t21-/m0/s1. The Kier molecular flexibility index (Phi) is 3.75. The molecule has 9 heteroatoms. The molecule has 2 aliphatic rings. The van der Waals surface area contributed by atoms with Gasteiger partial charge in [-0.05, 0) is 30.7 Å². The Bertz CT molecular complexity index is 1400. The highest BCUT2D eigenvalue weighted by Gasteiger charge is 2.45. The van der Waals surface area contributed by atoms with Crippen LogP contribution in [0.1, 0.15) is 30.0 Å². The largest absolute Gasteiger partial charge is 0.458 e. The zero-order valence-electron chi connectivity index (χ0n) is 16.1. The minimum atomic E-state index is -1.89. The van der Waals surface area contributed by atoms with Crippen molar-refractivity contribution in [3.05, 3.63) is 61.5 Å². The number of benzene rings is 1. The van der Waals surface area contributed by atoms with Crippen LogP contribution in [0.25, 0.3) is 22.3 Å². The zero-order valence-corrected chi connectivity index (χ0v) is 16.1. The number of pyridine rings is 2. The summed E-state index contributed by atoms with van der Waals surface area (Å²) < 4.78 is 6.52. The predicted octanol–water partition coefficient (Wildman–Crippen LogP) is 0.991. The fourth-order valence-electron chi connectivity index (χ4n) is 4.27. The van der Waals surface area contributed by atoms with Crippen LogP contribution >= 0.6 is 0 Å². The van der Waals surface area contributed by atoms with Gasteiger partial charge in [-0.25, -0.2) is 9.79 Å². The molecule has 0 saturated heterocycles. The molecule has 0 radical (unpaired) electrons. The minimum Gasteiger partial charge on any atom is -0.458 e. The molecule has 2 aliphatic heterocycles. The molecule has 5 rings (SSSR count). The van der Waals surface area contributed by atoms with Crippen molar-refractivity contribution in [1.29, 1.82) is 0 Å². The van der Waals surface area contributed by atoms with E-state index in [-0.39, 0.29) is 41.7 Å². The molecule has 0 aliphatic carbocycles. The lowest BCUT2D eigenvalue weighted by molar-refractivity contribution is -0.172. The number of fused-ring (bicyclic) bond motifs is 5. The smallest absolute Gasteiger partial charge is 0.343 e. The maximum absolute atomic E-state index is 13.2. The lowest BCUT2D eigenvalue weighted by Crippen LogP contribution is -2.44. The number of esters is 1. The fraction of sp³-hybridized carbons (Fsp3) is 0.238. The number of aromatic amines is 1. The Balaban J connectivity index is 1.79. The Morgan fingerprint density at radius 1 is 1.30 bits per heavy atom. The molecule has 2 aromatic heterocycles. The third-order valence-electron chi connectivity index (χ3n) is 5.92. The lowest BCUT2D eigenvalue weighted by atomic mass is 9.86. The van der Waals surface area contributed by atoms with Gasteiger partial charge >= 0.3 is 5.97 Å². The summed E-state index contributed by atoms with van der Waals surface area (Å²) in [5.41, 5.74) is 5.83. The van der Waals surface area contributed by atoms with Gasteiger partial charge in [0.15, 0.2) is 11.0 Å². The number of carbonyl (C=O) groups is 1. The van der Waals surface area contributed by atoms with Gasteiger partial charge in [0.05, 0.1) is 35.5 Å².